The van der Waals surface area contributed by atoms with Crippen molar-refractivity contribution in [2.24, 2.45) is 7.05 Å². The van der Waals surface area contributed by atoms with E-state index in [1.54, 1.807) is 13.1 Å². The second-order valence-electron chi connectivity index (χ2n) is 5.02. The van der Waals surface area contributed by atoms with Crippen molar-refractivity contribution >= 4 is 27.7 Å². The summed E-state index contributed by atoms with van der Waals surface area (Å²) in [5, 5.41) is 11.7. The largest absolute Gasteiger partial charge is 0.358 e. The van der Waals surface area contributed by atoms with Gasteiger partial charge in [0.15, 0.2) is 5.69 Å². The van der Waals surface area contributed by atoms with E-state index in [2.05, 4.69) is 15.9 Å². The summed E-state index contributed by atoms with van der Waals surface area (Å²) < 4.78 is 1.36. The molecule has 2 rings (SSSR count). The van der Waals surface area contributed by atoms with Crippen LogP contribution in [0.2, 0.25) is 0 Å². The second kappa shape index (κ2) is 6.39. The minimum atomic E-state index is -0.469. The maximum Gasteiger partial charge on any atom is 0.323 e. The number of nitrogens with zero attached hydrogens (tertiary/aromatic N) is 3. The molecule has 7 heteroatoms. The number of carbonyl (C=O) groups excluding carboxylic acids is 1. The van der Waals surface area contributed by atoms with Crippen LogP contribution >= 0.6 is 15.9 Å². The second-order valence-corrected chi connectivity index (χ2v) is 5.81. The van der Waals surface area contributed by atoms with Crippen LogP contribution < -0.4 is 0 Å². The van der Waals surface area contributed by atoms with E-state index >= 15 is 0 Å². The summed E-state index contributed by atoms with van der Waals surface area (Å²) >= 11 is 3.42. The first-order valence-electron chi connectivity index (χ1n) is 6.73. The van der Waals surface area contributed by atoms with Gasteiger partial charge in [0.05, 0.1) is 7.05 Å². The van der Waals surface area contributed by atoms with Crippen molar-refractivity contribution in [1.29, 1.82) is 0 Å². The first-order valence-corrected chi connectivity index (χ1v) is 7.85. The van der Waals surface area contributed by atoms with E-state index in [1.807, 2.05) is 4.90 Å². The minimum Gasteiger partial charge on any atom is -0.358 e. The molecule has 0 bridgehead atoms. The van der Waals surface area contributed by atoms with Gasteiger partial charge in [0.1, 0.15) is 0 Å². The van der Waals surface area contributed by atoms with Gasteiger partial charge >= 0.3 is 5.82 Å². The molecule has 6 nitrogen and oxygen atoms in total. The van der Waals surface area contributed by atoms with Crippen LogP contribution in [0.1, 0.15) is 36.2 Å². The molecule has 1 aromatic heterocycles. The Morgan fingerprint density at radius 2 is 2.25 bits per heavy atom. The summed E-state index contributed by atoms with van der Waals surface area (Å²) in [5.41, 5.74) is 0.387. The van der Waals surface area contributed by atoms with Crippen molar-refractivity contribution in [3.05, 3.63) is 27.9 Å². The predicted octanol–water partition coefficient (Wildman–Crippen LogP) is 2.71. The summed E-state index contributed by atoms with van der Waals surface area (Å²) in [4.78, 5) is 24.9. The molecule has 20 heavy (non-hydrogen) atoms. The number of hydrogen-bond acceptors (Lipinski definition) is 3. The molecule has 2 heterocycles. The number of likely N-dealkylation sites (tertiary alicyclic amines) is 1. The Labute approximate surface area is 126 Å². The van der Waals surface area contributed by atoms with Crippen LogP contribution in [0.3, 0.4) is 0 Å². The number of hydrogen-bond donors (Lipinski definition) is 0. The van der Waals surface area contributed by atoms with Gasteiger partial charge in [-0.05, 0) is 36.7 Å². The highest BCUT2D eigenvalue weighted by molar-refractivity contribution is 9.09. The van der Waals surface area contributed by atoms with Crippen LogP contribution in [0, 0.1) is 10.1 Å². The van der Waals surface area contributed by atoms with Crippen molar-refractivity contribution < 1.29 is 9.72 Å². The van der Waals surface area contributed by atoms with Crippen molar-refractivity contribution in [2.45, 2.75) is 31.7 Å². The van der Waals surface area contributed by atoms with Crippen LogP contribution in [-0.4, -0.2) is 38.2 Å². The molecule has 1 aliphatic rings. The number of halogens is 1. The molecule has 0 radical (unpaired) electrons. The Kier molecular flexibility index (Phi) is 4.80. The van der Waals surface area contributed by atoms with Gasteiger partial charge in [-0.3, -0.25) is 4.79 Å². The van der Waals surface area contributed by atoms with Crippen LogP contribution in [0.25, 0.3) is 0 Å². The Balaban J connectivity index is 2.23. The number of aromatic nitrogens is 1. The molecule has 0 aliphatic carbocycles. The molecular weight excluding hydrogens is 326 g/mol. The summed E-state index contributed by atoms with van der Waals surface area (Å²) in [5.74, 6) is -0.159. The molecule has 0 spiro atoms. The van der Waals surface area contributed by atoms with E-state index in [4.69, 9.17) is 0 Å². The van der Waals surface area contributed by atoms with Crippen molar-refractivity contribution in [2.75, 3.05) is 11.9 Å². The molecule has 1 atom stereocenters. The van der Waals surface area contributed by atoms with E-state index in [9.17, 15) is 14.9 Å². The number of nitro groups is 1. The first kappa shape index (κ1) is 15.0. The van der Waals surface area contributed by atoms with Crippen LogP contribution in [0.4, 0.5) is 5.82 Å². The average Bonchev–Trinajstić information content (AvgIpc) is 2.81. The Bertz CT molecular complexity index is 513. The lowest BCUT2D eigenvalue weighted by Crippen LogP contribution is -2.44. The predicted molar refractivity (Wildman–Crippen MR) is 79.2 cm³/mol. The maximum absolute atomic E-state index is 12.6. The smallest absolute Gasteiger partial charge is 0.323 e. The quantitative estimate of drug-likeness (QED) is 0.479. The normalized spacial score (nSPS) is 19.1. The molecule has 1 unspecified atom stereocenters. The summed E-state index contributed by atoms with van der Waals surface area (Å²) in [6, 6.07) is 3.15. The molecule has 0 aromatic carbocycles. The van der Waals surface area contributed by atoms with Gasteiger partial charge < -0.3 is 15.0 Å². The number of alkyl halides is 1. The average molecular weight is 344 g/mol. The third kappa shape index (κ3) is 2.87. The van der Waals surface area contributed by atoms with Crippen LogP contribution in [0.15, 0.2) is 12.1 Å². The van der Waals surface area contributed by atoms with Gasteiger partial charge in [0, 0.05) is 24.0 Å². The van der Waals surface area contributed by atoms with Crippen molar-refractivity contribution in [3.8, 4) is 0 Å². The zero-order valence-corrected chi connectivity index (χ0v) is 13.0. The SMILES string of the molecule is Cn1c(C(=O)N2CCCCC2CCBr)ccc1[N+](=O)[O-]. The third-order valence-electron chi connectivity index (χ3n) is 3.83. The van der Waals surface area contributed by atoms with E-state index < -0.39 is 4.92 Å². The molecule has 1 aliphatic heterocycles. The molecule has 110 valence electrons. The number of carbonyl (C=O) groups is 1. The fourth-order valence-electron chi connectivity index (χ4n) is 2.74. The molecular formula is C13H18BrN3O3. The summed E-state index contributed by atoms with van der Waals surface area (Å²) in [7, 11) is 1.56. The van der Waals surface area contributed by atoms with Crippen molar-refractivity contribution in [3.63, 3.8) is 0 Å². The fourth-order valence-corrected chi connectivity index (χ4v) is 3.27. The van der Waals surface area contributed by atoms with E-state index in [0.717, 1.165) is 37.6 Å². The Morgan fingerprint density at radius 1 is 1.50 bits per heavy atom. The zero-order chi connectivity index (χ0) is 14.7. The Hall–Kier alpha value is -1.37. The first-order chi connectivity index (χ1) is 9.56. The zero-order valence-electron chi connectivity index (χ0n) is 11.4. The van der Waals surface area contributed by atoms with Crippen LogP contribution in [-0.2, 0) is 7.05 Å². The van der Waals surface area contributed by atoms with Gasteiger partial charge in [-0.1, -0.05) is 15.9 Å². The summed E-state index contributed by atoms with van der Waals surface area (Å²) in [6.07, 6.45) is 4.05. The molecule has 1 saturated heterocycles. The van der Waals surface area contributed by atoms with E-state index in [-0.39, 0.29) is 17.8 Å². The number of rotatable bonds is 4. The summed E-state index contributed by atoms with van der Waals surface area (Å²) in [6.45, 7) is 0.732. The highest BCUT2D eigenvalue weighted by Gasteiger charge is 2.31. The number of piperidine rings is 1. The highest BCUT2D eigenvalue weighted by Crippen LogP contribution is 2.24. The van der Waals surface area contributed by atoms with Gasteiger partial charge in [0.2, 0.25) is 0 Å². The lowest BCUT2D eigenvalue weighted by Gasteiger charge is -2.35. The standard InChI is InChI=1S/C13H18BrN3O3/c1-15-11(5-6-12(15)17(19)20)13(18)16-9-3-2-4-10(16)7-8-14/h5-6,10H,2-4,7-9H2,1H3. The molecule has 0 N–H and O–H groups in total. The molecule has 0 saturated carbocycles. The highest BCUT2D eigenvalue weighted by atomic mass is 79.9. The fraction of sp³-hybridized carbons (Fsp3) is 0.615. The van der Waals surface area contributed by atoms with Gasteiger partial charge in [-0.15, -0.1) is 0 Å². The van der Waals surface area contributed by atoms with Gasteiger partial charge in [0.25, 0.3) is 5.91 Å². The van der Waals surface area contributed by atoms with Gasteiger partial charge in [-0.25, -0.2) is 4.57 Å². The van der Waals surface area contributed by atoms with E-state index in [1.165, 1.54) is 10.6 Å². The monoisotopic (exact) mass is 343 g/mol. The lowest BCUT2D eigenvalue weighted by atomic mass is 9.99. The molecule has 1 amide bonds. The van der Waals surface area contributed by atoms with Crippen LogP contribution in [0.5, 0.6) is 0 Å². The van der Waals surface area contributed by atoms with E-state index in [0.29, 0.717) is 5.69 Å². The van der Waals surface area contributed by atoms with Gasteiger partial charge in [-0.2, -0.15) is 0 Å². The molecule has 1 fully saturated rings. The lowest BCUT2D eigenvalue weighted by molar-refractivity contribution is -0.391. The Morgan fingerprint density at radius 3 is 2.85 bits per heavy atom. The topological polar surface area (TPSA) is 68.4 Å². The number of amides is 1. The minimum absolute atomic E-state index is 0.0533. The molecule has 1 aromatic rings. The van der Waals surface area contributed by atoms with Crippen molar-refractivity contribution in [1.82, 2.24) is 9.47 Å². The third-order valence-corrected chi connectivity index (χ3v) is 4.29. The maximum atomic E-state index is 12.6.